The van der Waals surface area contributed by atoms with E-state index < -0.39 is 0 Å². The first kappa shape index (κ1) is 13.3. The van der Waals surface area contributed by atoms with Crippen LogP contribution in [0.4, 0.5) is 0 Å². The minimum Gasteiger partial charge on any atom is -0.370 e. The molecule has 0 spiro atoms. The molecule has 1 aromatic rings. The van der Waals surface area contributed by atoms with Gasteiger partial charge in [0.1, 0.15) is 5.69 Å². The van der Waals surface area contributed by atoms with Crippen LogP contribution in [0.3, 0.4) is 0 Å². The summed E-state index contributed by atoms with van der Waals surface area (Å²) >= 11 is 5.81. The normalized spacial score (nSPS) is 24.1. The van der Waals surface area contributed by atoms with Crippen LogP contribution in [0.15, 0.2) is 18.3 Å². The number of ether oxygens (including phenoxy) is 1. The van der Waals surface area contributed by atoms with Gasteiger partial charge in [-0.3, -0.25) is 9.78 Å². The van der Waals surface area contributed by atoms with Crippen LogP contribution in [-0.2, 0) is 4.74 Å². The molecule has 0 aliphatic carbocycles. The molecule has 0 bridgehead atoms. The fourth-order valence-electron chi connectivity index (χ4n) is 2.16. The molecule has 0 radical (unpaired) electrons. The van der Waals surface area contributed by atoms with Gasteiger partial charge in [0.2, 0.25) is 0 Å². The highest BCUT2D eigenvalue weighted by atomic mass is 35.5. The standard InChI is InChI=1S/C13H17ClN2O2/c1-9-4-3-5-15-12(9)13(17)16-7-10(2)18-11(6-14)8-16/h3-5,10-11H,6-8H2,1-2H3. The van der Waals surface area contributed by atoms with Crippen molar-refractivity contribution in [3.63, 3.8) is 0 Å². The number of rotatable bonds is 2. The number of carbonyl (C=O) groups is 1. The number of hydrogen-bond acceptors (Lipinski definition) is 3. The summed E-state index contributed by atoms with van der Waals surface area (Å²) in [4.78, 5) is 18.3. The lowest BCUT2D eigenvalue weighted by Crippen LogP contribution is -2.50. The second kappa shape index (κ2) is 5.67. The quantitative estimate of drug-likeness (QED) is 0.769. The summed E-state index contributed by atoms with van der Waals surface area (Å²) in [6.07, 6.45) is 1.56. The molecule has 1 aromatic heterocycles. The van der Waals surface area contributed by atoms with Crippen LogP contribution in [0.1, 0.15) is 23.0 Å². The first-order valence-corrected chi connectivity index (χ1v) is 6.57. The van der Waals surface area contributed by atoms with Gasteiger partial charge in [0.25, 0.3) is 5.91 Å². The van der Waals surface area contributed by atoms with Crippen molar-refractivity contribution in [2.24, 2.45) is 0 Å². The molecule has 0 saturated carbocycles. The number of carbonyl (C=O) groups excluding carboxylic acids is 1. The first-order valence-electron chi connectivity index (χ1n) is 6.04. The maximum Gasteiger partial charge on any atom is 0.272 e. The van der Waals surface area contributed by atoms with Crippen LogP contribution < -0.4 is 0 Å². The molecular formula is C13H17ClN2O2. The Balaban J connectivity index is 2.16. The van der Waals surface area contributed by atoms with Crippen molar-refractivity contribution in [2.75, 3.05) is 19.0 Å². The Morgan fingerprint density at radius 3 is 3.06 bits per heavy atom. The number of nitrogens with zero attached hydrogens (tertiary/aromatic N) is 2. The van der Waals surface area contributed by atoms with E-state index in [1.54, 1.807) is 11.1 Å². The van der Waals surface area contributed by atoms with E-state index >= 15 is 0 Å². The molecular weight excluding hydrogens is 252 g/mol. The Kier molecular flexibility index (Phi) is 4.19. The molecule has 2 heterocycles. The van der Waals surface area contributed by atoms with Crippen molar-refractivity contribution < 1.29 is 9.53 Å². The van der Waals surface area contributed by atoms with Crippen molar-refractivity contribution in [1.29, 1.82) is 0 Å². The Morgan fingerprint density at radius 1 is 1.61 bits per heavy atom. The first-order chi connectivity index (χ1) is 8.61. The third-order valence-corrected chi connectivity index (χ3v) is 3.34. The zero-order valence-corrected chi connectivity index (χ0v) is 11.4. The minimum atomic E-state index is -0.0941. The van der Waals surface area contributed by atoms with Crippen molar-refractivity contribution in [2.45, 2.75) is 26.1 Å². The number of aryl methyl sites for hydroxylation is 1. The van der Waals surface area contributed by atoms with E-state index in [0.717, 1.165) is 5.56 Å². The third-order valence-electron chi connectivity index (χ3n) is 3.00. The smallest absolute Gasteiger partial charge is 0.272 e. The Hall–Kier alpha value is -1.13. The summed E-state index contributed by atoms with van der Waals surface area (Å²) in [5.74, 6) is 0.355. The molecule has 1 amide bonds. The van der Waals surface area contributed by atoms with Crippen LogP contribution in [0.25, 0.3) is 0 Å². The van der Waals surface area contributed by atoms with E-state index in [9.17, 15) is 4.79 Å². The lowest BCUT2D eigenvalue weighted by molar-refractivity contribution is -0.0571. The molecule has 18 heavy (non-hydrogen) atoms. The number of pyridine rings is 1. The molecule has 2 atom stereocenters. The molecule has 0 N–H and O–H groups in total. The maximum atomic E-state index is 12.4. The van der Waals surface area contributed by atoms with Gasteiger partial charge in [-0.1, -0.05) is 6.07 Å². The van der Waals surface area contributed by atoms with Gasteiger partial charge in [-0.2, -0.15) is 0 Å². The molecule has 5 heteroatoms. The zero-order valence-electron chi connectivity index (χ0n) is 10.6. The summed E-state index contributed by atoms with van der Waals surface area (Å²) < 4.78 is 5.64. The highest BCUT2D eigenvalue weighted by Gasteiger charge is 2.29. The van der Waals surface area contributed by atoms with Gasteiger partial charge in [0.15, 0.2) is 0 Å². The van der Waals surface area contributed by atoms with Crippen LogP contribution in [0.5, 0.6) is 0 Å². The molecule has 1 aliphatic rings. The molecule has 1 fully saturated rings. The van der Waals surface area contributed by atoms with Gasteiger partial charge in [-0.25, -0.2) is 0 Å². The monoisotopic (exact) mass is 268 g/mol. The molecule has 0 aromatic carbocycles. The summed E-state index contributed by atoms with van der Waals surface area (Å²) in [5.41, 5.74) is 1.41. The number of amides is 1. The minimum absolute atomic E-state index is 0.00969. The number of hydrogen-bond donors (Lipinski definition) is 0. The molecule has 2 unspecified atom stereocenters. The Morgan fingerprint density at radius 2 is 2.39 bits per heavy atom. The number of aromatic nitrogens is 1. The van der Waals surface area contributed by atoms with Crippen LogP contribution >= 0.6 is 11.6 Å². The van der Waals surface area contributed by atoms with Crippen molar-refractivity contribution in [3.05, 3.63) is 29.6 Å². The van der Waals surface area contributed by atoms with Gasteiger partial charge >= 0.3 is 0 Å². The average molecular weight is 269 g/mol. The number of alkyl halides is 1. The van der Waals surface area contributed by atoms with Gasteiger partial charge in [0.05, 0.1) is 18.1 Å². The molecule has 4 nitrogen and oxygen atoms in total. The predicted molar refractivity (Wildman–Crippen MR) is 69.9 cm³/mol. The lowest BCUT2D eigenvalue weighted by atomic mass is 10.1. The molecule has 2 rings (SSSR count). The van der Waals surface area contributed by atoms with E-state index in [0.29, 0.717) is 24.7 Å². The van der Waals surface area contributed by atoms with E-state index in [2.05, 4.69) is 4.98 Å². The number of halogens is 1. The van der Waals surface area contributed by atoms with Crippen LogP contribution in [0.2, 0.25) is 0 Å². The van der Waals surface area contributed by atoms with E-state index in [-0.39, 0.29) is 18.1 Å². The Bertz CT molecular complexity index is 439. The molecule has 1 saturated heterocycles. The second-order valence-electron chi connectivity index (χ2n) is 4.60. The van der Waals surface area contributed by atoms with E-state index in [1.165, 1.54) is 0 Å². The van der Waals surface area contributed by atoms with Crippen molar-refractivity contribution in [1.82, 2.24) is 9.88 Å². The largest absolute Gasteiger partial charge is 0.370 e. The maximum absolute atomic E-state index is 12.4. The van der Waals surface area contributed by atoms with Crippen LogP contribution in [-0.4, -0.2) is 47.0 Å². The average Bonchev–Trinajstić information content (AvgIpc) is 2.37. The summed E-state index contributed by atoms with van der Waals surface area (Å²) in [6, 6.07) is 3.72. The van der Waals surface area contributed by atoms with E-state index in [4.69, 9.17) is 16.3 Å². The molecule has 98 valence electrons. The fraction of sp³-hybridized carbons (Fsp3) is 0.538. The SMILES string of the molecule is Cc1cccnc1C(=O)N1CC(C)OC(CCl)C1. The number of morpholine rings is 1. The second-order valence-corrected chi connectivity index (χ2v) is 4.91. The highest BCUT2D eigenvalue weighted by Crippen LogP contribution is 2.16. The predicted octanol–water partition coefficient (Wildman–Crippen LogP) is 1.86. The highest BCUT2D eigenvalue weighted by molar-refractivity contribution is 6.18. The van der Waals surface area contributed by atoms with Crippen molar-refractivity contribution in [3.8, 4) is 0 Å². The molecule has 1 aliphatic heterocycles. The van der Waals surface area contributed by atoms with E-state index in [1.807, 2.05) is 26.0 Å². The van der Waals surface area contributed by atoms with Gasteiger partial charge < -0.3 is 9.64 Å². The van der Waals surface area contributed by atoms with Crippen molar-refractivity contribution >= 4 is 17.5 Å². The zero-order chi connectivity index (χ0) is 13.1. The fourth-order valence-corrected chi connectivity index (χ4v) is 2.33. The Labute approximate surface area is 112 Å². The van der Waals surface area contributed by atoms with Gasteiger partial charge in [-0.05, 0) is 25.5 Å². The topological polar surface area (TPSA) is 42.4 Å². The van der Waals surface area contributed by atoms with Gasteiger partial charge in [-0.15, -0.1) is 11.6 Å². The van der Waals surface area contributed by atoms with Gasteiger partial charge in [0, 0.05) is 19.3 Å². The third kappa shape index (κ3) is 2.82. The summed E-state index contributed by atoms with van der Waals surface area (Å²) in [5, 5.41) is 0. The van der Waals surface area contributed by atoms with Crippen LogP contribution in [0, 0.1) is 6.92 Å². The lowest BCUT2D eigenvalue weighted by Gasteiger charge is -2.36. The summed E-state index contributed by atoms with van der Waals surface area (Å²) in [6.45, 7) is 4.96. The summed E-state index contributed by atoms with van der Waals surface area (Å²) in [7, 11) is 0.